The van der Waals surface area contributed by atoms with Crippen LogP contribution in [0, 0.1) is 0 Å². The molecular weight excluding hydrogens is 206 g/mol. The number of nitrogens with one attached hydrogen (secondary N) is 1. The van der Waals surface area contributed by atoms with Crippen LogP contribution in [0.4, 0.5) is 0 Å². The molecule has 1 aromatic carbocycles. The van der Waals surface area contributed by atoms with Crippen molar-refractivity contribution in [2.45, 2.75) is 13.0 Å². The second-order valence-corrected chi connectivity index (χ2v) is 3.61. The van der Waals surface area contributed by atoms with Gasteiger partial charge in [-0.3, -0.25) is 0 Å². The van der Waals surface area contributed by atoms with Gasteiger partial charge in [-0.25, -0.2) is 0 Å². The van der Waals surface area contributed by atoms with E-state index >= 15 is 0 Å². The number of hydrogen-bond acceptors (Lipinski definition) is 4. The molecule has 0 aromatic heterocycles. The molecule has 0 aliphatic carbocycles. The van der Waals surface area contributed by atoms with Gasteiger partial charge in [-0.2, -0.15) is 0 Å². The Hall–Kier alpha value is -1.26. The van der Waals surface area contributed by atoms with E-state index in [0.29, 0.717) is 13.2 Å². The number of hydrogen-bond donors (Lipinski definition) is 1. The highest BCUT2D eigenvalue weighted by Gasteiger charge is 2.22. The van der Waals surface area contributed by atoms with E-state index in [0.717, 1.165) is 11.5 Å². The van der Waals surface area contributed by atoms with E-state index in [9.17, 15) is 0 Å². The SMILES string of the molecule is CCOCOc1ccc2c(c1)OCC2NC. The van der Waals surface area contributed by atoms with Gasteiger partial charge in [0.1, 0.15) is 18.1 Å². The van der Waals surface area contributed by atoms with E-state index in [-0.39, 0.29) is 12.8 Å². The van der Waals surface area contributed by atoms with Crippen LogP contribution in [0.5, 0.6) is 11.5 Å². The lowest BCUT2D eigenvalue weighted by Crippen LogP contribution is -2.17. The Bertz CT molecular complexity index is 354. The van der Waals surface area contributed by atoms with Gasteiger partial charge >= 0.3 is 0 Å². The van der Waals surface area contributed by atoms with Gasteiger partial charge in [0.05, 0.1) is 6.04 Å². The van der Waals surface area contributed by atoms with Crippen LogP contribution in [0.1, 0.15) is 18.5 Å². The number of rotatable bonds is 5. The minimum Gasteiger partial charge on any atom is -0.491 e. The molecule has 2 rings (SSSR count). The lowest BCUT2D eigenvalue weighted by molar-refractivity contribution is 0.0223. The zero-order valence-electron chi connectivity index (χ0n) is 9.66. The molecule has 4 nitrogen and oxygen atoms in total. The Labute approximate surface area is 95.5 Å². The normalized spacial score (nSPS) is 18.0. The van der Waals surface area contributed by atoms with Crippen molar-refractivity contribution in [1.29, 1.82) is 0 Å². The quantitative estimate of drug-likeness (QED) is 0.609. The fourth-order valence-corrected chi connectivity index (χ4v) is 1.71. The van der Waals surface area contributed by atoms with Crippen LogP contribution in [0.2, 0.25) is 0 Å². The van der Waals surface area contributed by atoms with Crippen LogP contribution in [-0.2, 0) is 4.74 Å². The highest BCUT2D eigenvalue weighted by molar-refractivity contribution is 5.44. The maximum Gasteiger partial charge on any atom is 0.189 e. The first-order valence-electron chi connectivity index (χ1n) is 5.49. The van der Waals surface area contributed by atoms with E-state index < -0.39 is 0 Å². The Kier molecular flexibility index (Phi) is 3.64. The average molecular weight is 223 g/mol. The summed E-state index contributed by atoms with van der Waals surface area (Å²) in [6.07, 6.45) is 0. The van der Waals surface area contributed by atoms with Crippen molar-refractivity contribution in [1.82, 2.24) is 5.32 Å². The molecule has 0 saturated carbocycles. The summed E-state index contributed by atoms with van der Waals surface area (Å²) in [7, 11) is 1.93. The van der Waals surface area contributed by atoms with E-state index in [1.807, 2.05) is 32.2 Å². The fourth-order valence-electron chi connectivity index (χ4n) is 1.71. The Morgan fingerprint density at radius 2 is 2.38 bits per heavy atom. The first-order chi connectivity index (χ1) is 7.85. The van der Waals surface area contributed by atoms with Gasteiger partial charge < -0.3 is 19.5 Å². The van der Waals surface area contributed by atoms with Gasteiger partial charge in [0.2, 0.25) is 0 Å². The standard InChI is InChI=1S/C12H17NO3/c1-3-14-8-16-9-4-5-10-11(13-2)7-15-12(10)6-9/h4-6,11,13H,3,7-8H2,1-2H3. The molecule has 0 bridgehead atoms. The predicted molar refractivity (Wildman–Crippen MR) is 60.9 cm³/mol. The summed E-state index contributed by atoms with van der Waals surface area (Å²) in [5.74, 6) is 1.68. The zero-order chi connectivity index (χ0) is 11.4. The molecule has 88 valence electrons. The average Bonchev–Trinajstić information content (AvgIpc) is 2.71. The minimum atomic E-state index is 0.282. The van der Waals surface area contributed by atoms with Crippen LogP contribution in [0.25, 0.3) is 0 Å². The van der Waals surface area contributed by atoms with E-state index in [4.69, 9.17) is 14.2 Å². The van der Waals surface area contributed by atoms with Crippen LogP contribution in [-0.4, -0.2) is 27.1 Å². The molecule has 0 saturated heterocycles. The monoisotopic (exact) mass is 223 g/mol. The lowest BCUT2D eigenvalue weighted by Gasteiger charge is -2.08. The van der Waals surface area contributed by atoms with Gasteiger partial charge in [-0.1, -0.05) is 0 Å². The Morgan fingerprint density at radius 3 is 3.12 bits per heavy atom. The second kappa shape index (κ2) is 5.18. The highest BCUT2D eigenvalue weighted by atomic mass is 16.7. The second-order valence-electron chi connectivity index (χ2n) is 3.61. The van der Waals surface area contributed by atoms with Crippen molar-refractivity contribution < 1.29 is 14.2 Å². The molecule has 16 heavy (non-hydrogen) atoms. The molecule has 4 heteroatoms. The molecule has 1 N–H and O–H groups in total. The van der Waals surface area contributed by atoms with Gasteiger partial charge in [0, 0.05) is 18.2 Å². The number of ether oxygens (including phenoxy) is 3. The van der Waals surface area contributed by atoms with E-state index in [2.05, 4.69) is 5.32 Å². The van der Waals surface area contributed by atoms with Crippen molar-refractivity contribution >= 4 is 0 Å². The van der Waals surface area contributed by atoms with Crippen molar-refractivity contribution in [2.24, 2.45) is 0 Å². The summed E-state index contributed by atoms with van der Waals surface area (Å²) >= 11 is 0. The van der Waals surface area contributed by atoms with Gasteiger partial charge in [-0.15, -0.1) is 0 Å². The molecule has 1 aliphatic heterocycles. The third-order valence-corrected chi connectivity index (χ3v) is 2.63. The van der Waals surface area contributed by atoms with Crippen LogP contribution >= 0.6 is 0 Å². The molecule has 1 heterocycles. The summed E-state index contributed by atoms with van der Waals surface area (Å²) in [4.78, 5) is 0. The Balaban J connectivity index is 2.03. The third-order valence-electron chi connectivity index (χ3n) is 2.63. The summed E-state index contributed by atoms with van der Waals surface area (Å²) in [5.41, 5.74) is 1.19. The molecular formula is C12H17NO3. The largest absolute Gasteiger partial charge is 0.491 e. The summed E-state index contributed by atoms with van der Waals surface area (Å²) in [6.45, 7) is 3.56. The van der Waals surface area contributed by atoms with Gasteiger partial charge in [-0.05, 0) is 26.1 Å². The van der Waals surface area contributed by atoms with Crippen molar-refractivity contribution in [2.75, 3.05) is 27.1 Å². The molecule has 1 unspecified atom stereocenters. The van der Waals surface area contributed by atoms with Crippen LogP contribution in [0.3, 0.4) is 0 Å². The summed E-state index contributed by atoms with van der Waals surface area (Å²) in [5, 5.41) is 3.20. The summed E-state index contributed by atoms with van der Waals surface area (Å²) < 4.78 is 16.1. The number of fused-ring (bicyclic) bond motifs is 1. The first-order valence-corrected chi connectivity index (χ1v) is 5.49. The Morgan fingerprint density at radius 1 is 1.50 bits per heavy atom. The molecule has 1 aromatic rings. The minimum absolute atomic E-state index is 0.282. The lowest BCUT2D eigenvalue weighted by atomic mass is 10.1. The number of likely N-dealkylation sites (N-methyl/N-ethyl adjacent to an activating group) is 1. The van der Waals surface area contributed by atoms with Gasteiger partial charge in [0.15, 0.2) is 6.79 Å². The van der Waals surface area contributed by atoms with Crippen LogP contribution < -0.4 is 14.8 Å². The maximum absolute atomic E-state index is 5.57. The molecule has 0 amide bonds. The number of benzene rings is 1. The fraction of sp³-hybridized carbons (Fsp3) is 0.500. The predicted octanol–water partition coefficient (Wildman–Crippen LogP) is 1.71. The van der Waals surface area contributed by atoms with Crippen molar-refractivity contribution in [3.05, 3.63) is 23.8 Å². The zero-order valence-corrected chi connectivity index (χ0v) is 9.66. The summed E-state index contributed by atoms with van der Waals surface area (Å²) in [6, 6.07) is 6.17. The van der Waals surface area contributed by atoms with Crippen molar-refractivity contribution in [3.8, 4) is 11.5 Å². The molecule has 1 aliphatic rings. The van der Waals surface area contributed by atoms with Crippen LogP contribution in [0.15, 0.2) is 18.2 Å². The molecule has 1 atom stereocenters. The maximum atomic E-state index is 5.57. The first kappa shape index (κ1) is 11.2. The molecule has 0 spiro atoms. The third kappa shape index (κ3) is 2.28. The topological polar surface area (TPSA) is 39.7 Å². The smallest absolute Gasteiger partial charge is 0.189 e. The van der Waals surface area contributed by atoms with Gasteiger partial charge in [0.25, 0.3) is 0 Å². The highest BCUT2D eigenvalue weighted by Crippen LogP contribution is 2.34. The molecule has 0 radical (unpaired) electrons. The van der Waals surface area contributed by atoms with E-state index in [1.54, 1.807) is 0 Å². The van der Waals surface area contributed by atoms with E-state index in [1.165, 1.54) is 5.56 Å². The molecule has 0 fully saturated rings. The van der Waals surface area contributed by atoms with Crippen molar-refractivity contribution in [3.63, 3.8) is 0 Å².